The fourth-order valence-corrected chi connectivity index (χ4v) is 3.92. The maximum absolute atomic E-state index is 12.8. The summed E-state index contributed by atoms with van der Waals surface area (Å²) in [5.74, 6) is 1.19. The lowest BCUT2D eigenvalue weighted by atomic mass is 9.87. The molecule has 0 heterocycles. The van der Waals surface area contributed by atoms with E-state index < -0.39 is 0 Å². The van der Waals surface area contributed by atoms with Crippen molar-refractivity contribution >= 4 is 21.8 Å². The van der Waals surface area contributed by atoms with Gasteiger partial charge in [-0.3, -0.25) is 4.79 Å². The highest BCUT2D eigenvalue weighted by Crippen LogP contribution is 2.35. The molecule has 3 aromatic carbocycles. The van der Waals surface area contributed by atoms with Crippen LogP contribution in [0.5, 0.6) is 17.2 Å². The SMILES string of the molecule is COc1ccc(CCNC(=O)C[C@H](c2ccccc2)c2cc(Br)ccc2O)cc1OC. The van der Waals surface area contributed by atoms with Crippen molar-refractivity contribution in [3.8, 4) is 17.2 Å². The van der Waals surface area contributed by atoms with E-state index in [0.29, 0.717) is 24.5 Å². The molecule has 3 aromatic rings. The maximum atomic E-state index is 12.8. The number of ether oxygens (including phenoxy) is 2. The second kappa shape index (κ2) is 10.9. The zero-order valence-corrected chi connectivity index (χ0v) is 19.2. The average Bonchev–Trinajstić information content (AvgIpc) is 2.79. The van der Waals surface area contributed by atoms with Gasteiger partial charge >= 0.3 is 0 Å². The first-order valence-electron chi connectivity index (χ1n) is 10.0. The molecule has 5 nitrogen and oxygen atoms in total. The van der Waals surface area contributed by atoms with Crippen molar-refractivity contribution in [1.29, 1.82) is 0 Å². The number of rotatable bonds is 9. The summed E-state index contributed by atoms with van der Waals surface area (Å²) >= 11 is 3.46. The summed E-state index contributed by atoms with van der Waals surface area (Å²) in [4.78, 5) is 12.8. The summed E-state index contributed by atoms with van der Waals surface area (Å²) in [6.07, 6.45) is 0.907. The molecular formula is C25H26BrNO4. The van der Waals surface area contributed by atoms with Crippen LogP contribution in [0.3, 0.4) is 0 Å². The summed E-state index contributed by atoms with van der Waals surface area (Å²) in [6.45, 7) is 0.500. The molecule has 3 rings (SSSR count). The van der Waals surface area contributed by atoms with E-state index in [1.807, 2.05) is 54.6 Å². The minimum absolute atomic E-state index is 0.0753. The molecule has 1 amide bonds. The van der Waals surface area contributed by atoms with E-state index in [4.69, 9.17) is 9.47 Å². The van der Waals surface area contributed by atoms with Crippen LogP contribution < -0.4 is 14.8 Å². The summed E-state index contributed by atoms with van der Waals surface area (Å²) in [5.41, 5.74) is 2.74. The highest BCUT2D eigenvalue weighted by Gasteiger charge is 2.21. The third kappa shape index (κ3) is 6.01. The average molecular weight is 484 g/mol. The van der Waals surface area contributed by atoms with Gasteiger partial charge in [0.25, 0.3) is 0 Å². The third-order valence-electron chi connectivity index (χ3n) is 5.14. The molecule has 0 bridgehead atoms. The molecule has 0 aliphatic carbocycles. The van der Waals surface area contributed by atoms with Crippen molar-refractivity contribution in [3.63, 3.8) is 0 Å². The van der Waals surface area contributed by atoms with Crippen LogP contribution in [0.1, 0.15) is 29.0 Å². The van der Waals surface area contributed by atoms with Crippen LogP contribution in [-0.4, -0.2) is 31.8 Å². The number of carbonyl (C=O) groups excluding carboxylic acids is 1. The van der Waals surface area contributed by atoms with Crippen LogP contribution in [-0.2, 0) is 11.2 Å². The van der Waals surface area contributed by atoms with E-state index in [1.165, 1.54) is 0 Å². The normalized spacial score (nSPS) is 11.6. The number of nitrogens with one attached hydrogen (secondary N) is 1. The maximum Gasteiger partial charge on any atom is 0.220 e. The summed E-state index contributed by atoms with van der Waals surface area (Å²) in [5, 5.41) is 13.4. The molecule has 162 valence electrons. The minimum Gasteiger partial charge on any atom is -0.508 e. The number of aromatic hydroxyl groups is 1. The van der Waals surface area contributed by atoms with Crippen molar-refractivity contribution < 1.29 is 19.4 Å². The number of phenolic OH excluding ortho intramolecular Hbond substituents is 1. The molecule has 31 heavy (non-hydrogen) atoms. The molecule has 0 aliphatic heterocycles. The smallest absolute Gasteiger partial charge is 0.220 e. The number of halogens is 1. The van der Waals surface area contributed by atoms with Gasteiger partial charge in [-0.05, 0) is 47.9 Å². The van der Waals surface area contributed by atoms with E-state index in [1.54, 1.807) is 26.4 Å². The van der Waals surface area contributed by atoms with Crippen molar-refractivity contribution in [1.82, 2.24) is 5.32 Å². The molecular weight excluding hydrogens is 458 g/mol. The Labute approximate surface area is 191 Å². The lowest BCUT2D eigenvalue weighted by Gasteiger charge is -2.19. The van der Waals surface area contributed by atoms with Crippen LogP contribution in [0, 0.1) is 0 Å². The number of phenols is 1. The molecule has 0 aliphatic rings. The number of amides is 1. The Hall–Kier alpha value is -2.99. The predicted molar refractivity (Wildman–Crippen MR) is 125 cm³/mol. The second-order valence-corrected chi connectivity index (χ2v) is 8.08. The van der Waals surface area contributed by atoms with Gasteiger partial charge in [0.2, 0.25) is 5.91 Å². The second-order valence-electron chi connectivity index (χ2n) is 7.16. The minimum atomic E-state index is -0.250. The van der Waals surface area contributed by atoms with Gasteiger partial charge in [0.1, 0.15) is 5.75 Å². The zero-order valence-electron chi connectivity index (χ0n) is 17.6. The van der Waals surface area contributed by atoms with Crippen molar-refractivity contribution in [2.45, 2.75) is 18.8 Å². The quantitative estimate of drug-likeness (QED) is 0.446. The van der Waals surface area contributed by atoms with Gasteiger partial charge in [-0.2, -0.15) is 0 Å². The Kier molecular flexibility index (Phi) is 7.95. The first kappa shape index (κ1) is 22.7. The summed E-state index contributed by atoms with van der Waals surface area (Å²) < 4.78 is 11.5. The van der Waals surface area contributed by atoms with E-state index in [9.17, 15) is 9.90 Å². The fraction of sp³-hybridized carbons (Fsp3) is 0.240. The van der Waals surface area contributed by atoms with Gasteiger partial charge in [0.05, 0.1) is 14.2 Å². The molecule has 2 N–H and O–H groups in total. The van der Waals surface area contributed by atoms with Crippen molar-refractivity contribution in [2.75, 3.05) is 20.8 Å². The Morgan fingerprint density at radius 1 is 1.00 bits per heavy atom. The van der Waals surface area contributed by atoms with Gasteiger partial charge in [-0.15, -0.1) is 0 Å². The highest BCUT2D eigenvalue weighted by atomic mass is 79.9. The van der Waals surface area contributed by atoms with Gasteiger partial charge in [-0.1, -0.05) is 52.3 Å². The van der Waals surface area contributed by atoms with Crippen molar-refractivity contribution in [3.05, 3.63) is 87.9 Å². The predicted octanol–water partition coefficient (Wildman–Crippen LogP) is 5.05. The van der Waals surface area contributed by atoms with Crippen LogP contribution in [0.4, 0.5) is 0 Å². The molecule has 0 spiro atoms. The zero-order chi connectivity index (χ0) is 22.2. The standard InChI is InChI=1S/C25H26BrNO4/c1-30-23-11-8-17(14-24(23)31-2)12-13-27-25(29)16-20(18-6-4-3-5-7-18)21-15-19(26)9-10-22(21)28/h3-11,14-15,20,28H,12-13,16H2,1-2H3,(H,27,29)/t20-/m1/s1. The van der Waals surface area contributed by atoms with E-state index in [0.717, 1.165) is 21.2 Å². The Bertz CT molecular complexity index is 1020. The van der Waals surface area contributed by atoms with Crippen LogP contribution >= 0.6 is 15.9 Å². The number of carbonyl (C=O) groups is 1. The van der Waals surface area contributed by atoms with Crippen LogP contribution in [0.2, 0.25) is 0 Å². The largest absolute Gasteiger partial charge is 0.508 e. The van der Waals surface area contributed by atoms with E-state index in [2.05, 4.69) is 21.2 Å². The molecule has 0 unspecified atom stereocenters. The molecule has 6 heteroatoms. The van der Waals surface area contributed by atoms with Gasteiger partial charge in [-0.25, -0.2) is 0 Å². The van der Waals surface area contributed by atoms with Crippen LogP contribution in [0.25, 0.3) is 0 Å². The number of hydrogen-bond acceptors (Lipinski definition) is 4. The Morgan fingerprint density at radius 3 is 2.45 bits per heavy atom. The fourth-order valence-electron chi connectivity index (χ4n) is 3.54. The van der Waals surface area contributed by atoms with E-state index in [-0.39, 0.29) is 24.0 Å². The van der Waals surface area contributed by atoms with E-state index >= 15 is 0 Å². The monoisotopic (exact) mass is 483 g/mol. The summed E-state index contributed by atoms with van der Waals surface area (Å²) in [6, 6.07) is 20.8. The Morgan fingerprint density at radius 2 is 1.74 bits per heavy atom. The molecule has 1 atom stereocenters. The number of benzene rings is 3. The topological polar surface area (TPSA) is 67.8 Å². The molecule has 0 radical (unpaired) electrons. The molecule has 0 saturated carbocycles. The molecule has 0 fully saturated rings. The lowest BCUT2D eigenvalue weighted by molar-refractivity contribution is -0.121. The first-order valence-corrected chi connectivity index (χ1v) is 10.8. The third-order valence-corrected chi connectivity index (χ3v) is 5.63. The number of methoxy groups -OCH3 is 2. The highest BCUT2D eigenvalue weighted by molar-refractivity contribution is 9.10. The first-order chi connectivity index (χ1) is 15.0. The van der Waals surface area contributed by atoms with Crippen LogP contribution in [0.15, 0.2) is 71.2 Å². The summed E-state index contributed by atoms with van der Waals surface area (Å²) in [7, 11) is 3.20. The molecule has 0 aromatic heterocycles. The molecule has 0 saturated heterocycles. The number of hydrogen-bond donors (Lipinski definition) is 2. The van der Waals surface area contributed by atoms with Gasteiger partial charge in [0.15, 0.2) is 11.5 Å². The van der Waals surface area contributed by atoms with Crippen molar-refractivity contribution in [2.24, 2.45) is 0 Å². The Balaban J connectivity index is 1.68. The lowest BCUT2D eigenvalue weighted by Crippen LogP contribution is -2.27. The van der Waals surface area contributed by atoms with Gasteiger partial charge < -0.3 is 19.9 Å². The van der Waals surface area contributed by atoms with Gasteiger partial charge in [0, 0.05) is 28.9 Å².